The van der Waals surface area contributed by atoms with Gasteiger partial charge in [0, 0.05) is 35.5 Å². The van der Waals surface area contributed by atoms with Gasteiger partial charge in [-0.2, -0.15) is 0 Å². The van der Waals surface area contributed by atoms with Crippen molar-refractivity contribution in [2.45, 2.75) is 31.2 Å². The lowest BCUT2D eigenvalue weighted by molar-refractivity contribution is 0.345. The van der Waals surface area contributed by atoms with Crippen LogP contribution in [0.5, 0.6) is 0 Å². The zero-order chi connectivity index (χ0) is 11.4. The number of rotatable bonds is 0. The first kappa shape index (κ1) is 9.72. The van der Waals surface area contributed by atoms with Gasteiger partial charge in [-0.3, -0.25) is 0 Å². The summed E-state index contributed by atoms with van der Waals surface area (Å²) in [7, 11) is 0. The van der Waals surface area contributed by atoms with Crippen LogP contribution in [-0.4, -0.2) is 17.6 Å². The van der Waals surface area contributed by atoms with Crippen molar-refractivity contribution in [3.8, 4) is 0 Å². The van der Waals surface area contributed by atoms with E-state index in [-0.39, 0.29) is 0 Å². The van der Waals surface area contributed by atoms with Crippen molar-refractivity contribution in [2.75, 3.05) is 6.54 Å². The summed E-state index contributed by atoms with van der Waals surface area (Å²) in [6.07, 6.45) is 3.67. The first-order chi connectivity index (χ1) is 8.34. The van der Waals surface area contributed by atoms with Gasteiger partial charge in [-0.15, -0.1) is 0 Å². The van der Waals surface area contributed by atoms with Gasteiger partial charge in [-0.25, -0.2) is 0 Å². The molecule has 1 aliphatic heterocycles. The van der Waals surface area contributed by atoms with E-state index in [1.165, 1.54) is 34.9 Å². The van der Waals surface area contributed by atoms with Gasteiger partial charge in [0.2, 0.25) is 0 Å². The molecule has 0 bridgehead atoms. The van der Waals surface area contributed by atoms with Gasteiger partial charge < -0.3 is 10.3 Å². The standard InChI is InChI=1S/C15H16N2/c1-9-12-8-14-10(5-3-7-16-14)11-4-2-6-13(17-9)15(11)12/h1-2,4,6,10,14,16-17H,3,5,7-8H2/t10?,14-/m1/s1. The SMILES string of the molecule is [CH]c1[nH]c2cccc3c2c1C[C@H]1NCCCC31. The second-order valence-corrected chi connectivity index (χ2v) is 5.30. The van der Waals surface area contributed by atoms with Gasteiger partial charge in [-0.1, -0.05) is 12.1 Å². The molecule has 2 nitrogen and oxygen atoms in total. The summed E-state index contributed by atoms with van der Waals surface area (Å²) < 4.78 is 0. The molecule has 2 heteroatoms. The van der Waals surface area contributed by atoms with E-state index in [4.69, 9.17) is 6.92 Å². The molecule has 2 N–H and O–H groups in total. The molecule has 2 atom stereocenters. The van der Waals surface area contributed by atoms with E-state index in [0.717, 1.165) is 18.7 Å². The molecule has 2 heterocycles. The molecule has 0 spiro atoms. The van der Waals surface area contributed by atoms with Crippen molar-refractivity contribution < 1.29 is 0 Å². The Morgan fingerprint density at radius 3 is 3.18 bits per heavy atom. The van der Waals surface area contributed by atoms with Crippen molar-refractivity contribution >= 4 is 10.9 Å². The minimum Gasteiger partial charge on any atom is -0.358 e. The maximum absolute atomic E-state index is 6.11. The predicted molar refractivity (Wildman–Crippen MR) is 69.2 cm³/mol. The molecule has 1 unspecified atom stereocenters. The Bertz CT molecular complexity index is 582. The Balaban J connectivity index is 2.01. The van der Waals surface area contributed by atoms with Crippen LogP contribution in [0.25, 0.3) is 10.9 Å². The number of fused-ring (bicyclic) bond motifs is 2. The maximum Gasteiger partial charge on any atom is 0.0461 e. The highest BCUT2D eigenvalue weighted by Gasteiger charge is 2.33. The molecule has 1 saturated heterocycles. The van der Waals surface area contributed by atoms with Gasteiger partial charge in [-0.05, 0) is 43.0 Å². The van der Waals surface area contributed by atoms with E-state index in [0.29, 0.717) is 12.0 Å². The van der Waals surface area contributed by atoms with Gasteiger partial charge in [0.1, 0.15) is 0 Å². The van der Waals surface area contributed by atoms with Crippen LogP contribution in [0.4, 0.5) is 0 Å². The highest BCUT2D eigenvalue weighted by Crippen LogP contribution is 2.41. The van der Waals surface area contributed by atoms with Crippen LogP contribution in [-0.2, 0) is 6.42 Å². The maximum atomic E-state index is 6.11. The third-order valence-corrected chi connectivity index (χ3v) is 4.40. The van der Waals surface area contributed by atoms with Crippen LogP contribution in [0.2, 0.25) is 0 Å². The number of piperidine rings is 1. The van der Waals surface area contributed by atoms with Gasteiger partial charge >= 0.3 is 0 Å². The molecule has 86 valence electrons. The molecule has 1 aliphatic carbocycles. The van der Waals surface area contributed by atoms with E-state index in [9.17, 15) is 0 Å². The van der Waals surface area contributed by atoms with Crippen LogP contribution < -0.4 is 5.32 Å². The van der Waals surface area contributed by atoms with Gasteiger partial charge in [0.15, 0.2) is 0 Å². The Labute approximate surface area is 101 Å². The lowest BCUT2D eigenvalue weighted by Gasteiger charge is -2.36. The molecule has 2 aromatic rings. The summed E-state index contributed by atoms with van der Waals surface area (Å²) in [5.74, 6) is 0.676. The molecular formula is C15H16N2. The Morgan fingerprint density at radius 1 is 1.29 bits per heavy atom. The van der Waals surface area contributed by atoms with E-state index in [2.05, 4.69) is 28.5 Å². The van der Waals surface area contributed by atoms with E-state index >= 15 is 0 Å². The number of aromatic amines is 1. The molecule has 1 aromatic carbocycles. The summed E-state index contributed by atoms with van der Waals surface area (Å²) in [4.78, 5) is 3.32. The second kappa shape index (κ2) is 3.36. The number of hydrogen-bond acceptors (Lipinski definition) is 1. The summed E-state index contributed by atoms with van der Waals surface area (Å²) in [5, 5.41) is 5.05. The molecule has 1 fully saturated rings. The van der Waals surface area contributed by atoms with Crippen LogP contribution in [0.3, 0.4) is 0 Å². The number of aromatic nitrogens is 1. The molecule has 2 radical (unpaired) electrons. The molecule has 1 aromatic heterocycles. The largest absolute Gasteiger partial charge is 0.358 e. The average Bonchev–Trinajstić information content (AvgIpc) is 2.68. The van der Waals surface area contributed by atoms with Crippen molar-refractivity contribution in [3.05, 3.63) is 41.9 Å². The van der Waals surface area contributed by atoms with E-state index in [1.807, 2.05) is 0 Å². The third-order valence-electron chi connectivity index (χ3n) is 4.40. The number of hydrogen-bond donors (Lipinski definition) is 2. The van der Waals surface area contributed by atoms with Crippen LogP contribution >= 0.6 is 0 Å². The quantitative estimate of drug-likeness (QED) is 0.707. The fourth-order valence-electron chi connectivity index (χ4n) is 3.65. The highest BCUT2D eigenvalue weighted by molar-refractivity contribution is 5.90. The molecule has 4 rings (SSSR count). The van der Waals surface area contributed by atoms with Crippen LogP contribution in [0, 0.1) is 6.92 Å². The summed E-state index contributed by atoms with van der Waals surface area (Å²) in [6, 6.07) is 7.15. The number of nitrogens with one attached hydrogen (secondary N) is 2. The summed E-state index contributed by atoms with van der Waals surface area (Å²) >= 11 is 0. The fraction of sp³-hybridized carbons (Fsp3) is 0.400. The highest BCUT2D eigenvalue weighted by atomic mass is 14.9. The molecule has 0 amide bonds. The molecule has 0 saturated carbocycles. The first-order valence-electron chi connectivity index (χ1n) is 6.47. The normalized spacial score (nSPS) is 27.1. The Hall–Kier alpha value is -1.28. The molecule has 17 heavy (non-hydrogen) atoms. The molecule has 2 aliphatic rings. The molecular weight excluding hydrogens is 208 g/mol. The average molecular weight is 224 g/mol. The minimum atomic E-state index is 0.583. The smallest absolute Gasteiger partial charge is 0.0461 e. The second-order valence-electron chi connectivity index (χ2n) is 5.30. The zero-order valence-electron chi connectivity index (χ0n) is 9.79. The summed E-state index contributed by atoms with van der Waals surface area (Å²) in [6.45, 7) is 7.25. The van der Waals surface area contributed by atoms with Crippen molar-refractivity contribution in [2.24, 2.45) is 0 Å². The lowest BCUT2D eigenvalue weighted by atomic mass is 9.75. The van der Waals surface area contributed by atoms with Crippen LogP contribution in [0.15, 0.2) is 18.2 Å². The fourth-order valence-corrected chi connectivity index (χ4v) is 3.65. The monoisotopic (exact) mass is 224 g/mol. The van der Waals surface area contributed by atoms with Crippen molar-refractivity contribution in [3.63, 3.8) is 0 Å². The Morgan fingerprint density at radius 2 is 2.24 bits per heavy atom. The number of H-pyrrole nitrogens is 1. The first-order valence-corrected chi connectivity index (χ1v) is 6.47. The third kappa shape index (κ3) is 1.25. The summed E-state index contributed by atoms with van der Waals surface area (Å²) in [5.41, 5.74) is 4.89. The number of benzene rings is 1. The Kier molecular flexibility index (Phi) is 1.92. The topological polar surface area (TPSA) is 27.8 Å². The van der Waals surface area contributed by atoms with Crippen LogP contribution in [0.1, 0.15) is 35.6 Å². The van der Waals surface area contributed by atoms with E-state index < -0.39 is 0 Å². The van der Waals surface area contributed by atoms with Crippen molar-refractivity contribution in [1.82, 2.24) is 10.3 Å². The predicted octanol–water partition coefficient (Wildman–Crippen LogP) is 2.62. The minimum absolute atomic E-state index is 0.583. The van der Waals surface area contributed by atoms with Crippen molar-refractivity contribution in [1.29, 1.82) is 0 Å². The van der Waals surface area contributed by atoms with E-state index in [1.54, 1.807) is 0 Å². The van der Waals surface area contributed by atoms with Gasteiger partial charge in [0.25, 0.3) is 0 Å². The van der Waals surface area contributed by atoms with Gasteiger partial charge in [0.05, 0.1) is 0 Å². The lowest BCUT2D eigenvalue weighted by Crippen LogP contribution is -2.43. The zero-order valence-corrected chi connectivity index (χ0v) is 9.79.